The Bertz CT molecular complexity index is 1280. The van der Waals surface area contributed by atoms with Gasteiger partial charge in [-0.25, -0.2) is 13.9 Å². The molecule has 1 aliphatic carbocycles. The van der Waals surface area contributed by atoms with Gasteiger partial charge in [0.15, 0.2) is 0 Å². The normalized spacial score (nSPS) is 20.6. The first-order chi connectivity index (χ1) is 16.3. The zero-order valence-electron chi connectivity index (χ0n) is 20.3. The maximum absolute atomic E-state index is 13.3. The van der Waals surface area contributed by atoms with Gasteiger partial charge in [0, 0.05) is 24.3 Å². The third-order valence-electron chi connectivity index (χ3n) is 5.98. The number of benzene rings is 1. The third kappa shape index (κ3) is 5.48. The maximum atomic E-state index is 13.3. The number of pyridine rings is 1. The largest absolute Gasteiger partial charge is 0.494 e. The van der Waals surface area contributed by atoms with Crippen molar-refractivity contribution in [2.24, 2.45) is 0 Å². The lowest BCUT2D eigenvalue weighted by Gasteiger charge is -2.44. The van der Waals surface area contributed by atoms with E-state index in [1.54, 1.807) is 0 Å². The molecular weight excluding hydrogens is 478 g/mol. The summed E-state index contributed by atoms with van der Waals surface area (Å²) in [6.45, 7) is 9.83. The van der Waals surface area contributed by atoms with Gasteiger partial charge in [-0.2, -0.15) is 0 Å². The number of nitrogens with zero attached hydrogens (tertiary/aromatic N) is 3. The summed E-state index contributed by atoms with van der Waals surface area (Å²) in [7, 11) is -4.80. The maximum Gasteiger partial charge on any atom is 0.470 e. The highest BCUT2D eigenvalue weighted by Gasteiger charge is 2.50. The number of rotatable bonds is 8. The molecule has 0 bridgehead atoms. The second-order valence-corrected chi connectivity index (χ2v) is 11.1. The van der Waals surface area contributed by atoms with Crippen LogP contribution in [-0.2, 0) is 14.5 Å². The summed E-state index contributed by atoms with van der Waals surface area (Å²) >= 11 is 0. The zero-order chi connectivity index (χ0) is 25.6. The van der Waals surface area contributed by atoms with Crippen LogP contribution in [0.4, 0.5) is 10.4 Å². The van der Waals surface area contributed by atoms with Gasteiger partial charge < -0.3 is 24.3 Å². The number of phosphoric ester groups is 1. The number of halogens is 1. The monoisotopic (exact) mass is 508 g/mol. The molecule has 1 aromatic carbocycles. The Balaban J connectivity index is 1.59. The summed E-state index contributed by atoms with van der Waals surface area (Å²) in [5.41, 5.74) is 1.65. The second kappa shape index (κ2) is 9.13. The molecule has 0 atom stereocenters. The predicted molar refractivity (Wildman–Crippen MR) is 128 cm³/mol. The molecule has 1 fully saturated rings. The van der Waals surface area contributed by atoms with Gasteiger partial charge >= 0.3 is 13.8 Å². The van der Waals surface area contributed by atoms with E-state index >= 15 is 0 Å². The first-order valence-corrected chi connectivity index (χ1v) is 12.9. The molecule has 1 aliphatic rings. The second-order valence-electron chi connectivity index (χ2n) is 9.93. The molecule has 0 radical (unpaired) electrons. The number of ether oxygens (including phenoxy) is 1. The summed E-state index contributed by atoms with van der Waals surface area (Å²) in [6, 6.07) is 5.63. The average molecular weight is 508 g/mol. The SMILES string of the molecule is CCOc1cc(C(C)(C)C)c2nc(-c3nnc(NC4CC(CF)(OP(=O)(O)O)C4)o3)cc(C)c2c1. The van der Waals surface area contributed by atoms with Crippen LogP contribution in [-0.4, -0.2) is 49.9 Å². The van der Waals surface area contributed by atoms with E-state index in [1.807, 2.05) is 32.0 Å². The fourth-order valence-electron chi connectivity index (χ4n) is 4.36. The molecule has 4 rings (SSSR count). The quantitative estimate of drug-likeness (QED) is 0.367. The number of alkyl halides is 1. The first-order valence-electron chi connectivity index (χ1n) is 11.3. The fraction of sp³-hybridized carbons (Fsp3) is 0.522. The highest BCUT2D eigenvalue weighted by Crippen LogP contribution is 2.50. The van der Waals surface area contributed by atoms with Crippen LogP contribution in [0, 0.1) is 6.92 Å². The summed E-state index contributed by atoms with van der Waals surface area (Å²) in [4.78, 5) is 22.9. The minimum absolute atomic E-state index is 0.0523. The summed E-state index contributed by atoms with van der Waals surface area (Å²) in [5, 5.41) is 12.1. The Kier molecular flexibility index (Phi) is 6.65. The van der Waals surface area contributed by atoms with Crippen molar-refractivity contribution >= 4 is 24.7 Å². The number of aryl methyl sites for hydroxylation is 1. The van der Waals surface area contributed by atoms with Crippen LogP contribution in [0.25, 0.3) is 22.5 Å². The topological polar surface area (TPSA) is 140 Å². The molecule has 2 aromatic heterocycles. The predicted octanol–water partition coefficient (Wildman–Crippen LogP) is 4.68. The molecule has 0 aliphatic heterocycles. The van der Waals surface area contributed by atoms with Crippen LogP contribution in [0.1, 0.15) is 51.7 Å². The van der Waals surface area contributed by atoms with Crippen molar-refractivity contribution < 1.29 is 32.4 Å². The van der Waals surface area contributed by atoms with Crippen molar-refractivity contribution in [2.75, 3.05) is 18.6 Å². The number of hydrogen-bond donors (Lipinski definition) is 3. The summed E-state index contributed by atoms with van der Waals surface area (Å²) < 4.78 is 40.6. The van der Waals surface area contributed by atoms with E-state index in [9.17, 15) is 8.96 Å². The van der Waals surface area contributed by atoms with Crippen LogP contribution >= 0.6 is 7.82 Å². The van der Waals surface area contributed by atoms with E-state index in [0.717, 1.165) is 27.8 Å². The Morgan fingerprint density at radius 2 is 1.97 bits per heavy atom. The molecule has 3 N–H and O–H groups in total. The lowest BCUT2D eigenvalue weighted by molar-refractivity contribution is -0.0542. The summed E-state index contributed by atoms with van der Waals surface area (Å²) in [5.74, 6) is 1.01. The molecule has 10 nitrogen and oxygen atoms in total. The van der Waals surface area contributed by atoms with Gasteiger partial charge in [0.25, 0.3) is 5.89 Å². The van der Waals surface area contributed by atoms with E-state index in [-0.39, 0.29) is 36.2 Å². The van der Waals surface area contributed by atoms with Crippen molar-refractivity contribution in [3.05, 3.63) is 29.3 Å². The molecule has 190 valence electrons. The van der Waals surface area contributed by atoms with Gasteiger partial charge in [-0.1, -0.05) is 25.9 Å². The Hall–Kier alpha value is -2.59. The third-order valence-corrected chi connectivity index (χ3v) is 6.60. The molecule has 2 heterocycles. The van der Waals surface area contributed by atoms with Crippen molar-refractivity contribution in [1.82, 2.24) is 15.2 Å². The molecule has 1 saturated carbocycles. The standard InChI is InChI=1S/C23H30FN4O6P/c1-6-32-15-8-16-13(2)7-18(26-19(16)17(9-15)22(3,4)5)20-27-28-21(33-20)25-14-10-23(11-14,12-24)34-35(29,30)31/h7-9,14H,6,10-12H2,1-5H3,(H,25,28)(H2,29,30,31). The van der Waals surface area contributed by atoms with Crippen molar-refractivity contribution in [2.45, 2.75) is 64.5 Å². The van der Waals surface area contributed by atoms with Crippen LogP contribution in [0.3, 0.4) is 0 Å². The number of aromatic nitrogens is 3. The van der Waals surface area contributed by atoms with Gasteiger partial charge in [-0.15, -0.1) is 5.10 Å². The van der Waals surface area contributed by atoms with Gasteiger partial charge in [-0.05, 0) is 48.6 Å². The van der Waals surface area contributed by atoms with E-state index in [4.69, 9.17) is 23.9 Å². The molecule has 0 spiro atoms. The highest BCUT2D eigenvalue weighted by atomic mass is 31.2. The van der Waals surface area contributed by atoms with Gasteiger partial charge in [0.2, 0.25) is 0 Å². The number of fused-ring (bicyclic) bond motifs is 1. The van der Waals surface area contributed by atoms with E-state index in [0.29, 0.717) is 12.3 Å². The molecule has 35 heavy (non-hydrogen) atoms. The molecule has 0 amide bonds. The number of anilines is 1. The van der Waals surface area contributed by atoms with Crippen LogP contribution in [0.5, 0.6) is 5.75 Å². The van der Waals surface area contributed by atoms with E-state index in [1.165, 1.54) is 0 Å². The lowest BCUT2D eigenvalue weighted by Crippen LogP contribution is -2.53. The van der Waals surface area contributed by atoms with Crippen LogP contribution < -0.4 is 10.1 Å². The Labute approximate surface area is 202 Å². The van der Waals surface area contributed by atoms with Crippen molar-refractivity contribution in [3.8, 4) is 17.3 Å². The lowest BCUT2D eigenvalue weighted by atomic mass is 9.77. The number of nitrogens with one attached hydrogen (secondary N) is 1. The molecule has 0 unspecified atom stereocenters. The summed E-state index contributed by atoms with van der Waals surface area (Å²) in [6.07, 6.45) is 0.105. The molecular formula is C23H30FN4O6P. The highest BCUT2D eigenvalue weighted by molar-refractivity contribution is 7.46. The van der Waals surface area contributed by atoms with Gasteiger partial charge in [-0.3, -0.25) is 4.52 Å². The fourth-order valence-corrected chi connectivity index (χ4v) is 5.06. The zero-order valence-corrected chi connectivity index (χ0v) is 21.2. The molecule has 0 saturated heterocycles. The molecule has 3 aromatic rings. The molecule has 12 heteroatoms. The van der Waals surface area contributed by atoms with Gasteiger partial charge in [0.1, 0.15) is 23.7 Å². The average Bonchev–Trinajstić information content (AvgIpc) is 3.19. The van der Waals surface area contributed by atoms with E-state index in [2.05, 4.69) is 40.8 Å². The number of hydrogen-bond acceptors (Lipinski definition) is 8. The Morgan fingerprint density at radius 1 is 1.26 bits per heavy atom. The number of phosphoric acid groups is 1. The van der Waals surface area contributed by atoms with Gasteiger partial charge in [0.05, 0.1) is 12.1 Å². The van der Waals surface area contributed by atoms with Crippen LogP contribution in [0.15, 0.2) is 22.6 Å². The smallest absolute Gasteiger partial charge is 0.470 e. The minimum atomic E-state index is -4.80. The minimum Gasteiger partial charge on any atom is -0.494 e. The van der Waals surface area contributed by atoms with E-state index < -0.39 is 20.1 Å². The van der Waals surface area contributed by atoms with Crippen LogP contribution in [0.2, 0.25) is 0 Å². The van der Waals surface area contributed by atoms with Crippen molar-refractivity contribution in [1.29, 1.82) is 0 Å². The first kappa shape index (κ1) is 25.5. The van der Waals surface area contributed by atoms with Crippen molar-refractivity contribution in [3.63, 3.8) is 0 Å². The Morgan fingerprint density at radius 3 is 2.57 bits per heavy atom.